The molecule has 0 spiro atoms. The molecule has 17 heavy (non-hydrogen) atoms. The smallest absolute Gasteiger partial charge is 0.120 e. The van der Waals surface area contributed by atoms with Gasteiger partial charge in [0, 0.05) is 23.9 Å². The van der Waals surface area contributed by atoms with Crippen molar-refractivity contribution in [3.05, 3.63) is 66.0 Å². The number of aliphatic hydroxyl groups is 1. The summed E-state index contributed by atoms with van der Waals surface area (Å²) < 4.78 is 0. The molecule has 1 N–H and O–H groups in total. The molecule has 0 bridgehead atoms. The minimum Gasteiger partial charge on any atom is -0.380 e. The Morgan fingerprint density at radius 1 is 1.06 bits per heavy atom. The first-order valence-corrected chi connectivity index (χ1v) is 5.49. The van der Waals surface area contributed by atoms with Gasteiger partial charge in [0.25, 0.3) is 0 Å². The van der Waals surface area contributed by atoms with Crippen LogP contribution in [-0.2, 0) is 6.42 Å². The van der Waals surface area contributed by atoms with Crippen molar-refractivity contribution in [1.82, 2.24) is 4.98 Å². The van der Waals surface area contributed by atoms with E-state index in [1.165, 1.54) is 0 Å². The third kappa shape index (κ3) is 3.75. The second-order valence-electron chi connectivity index (χ2n) is 3.68. The zero-order valence-electron chi connectivity index (χ0n) is 9.38. The first kappa shape index (κ1) is 11.4. The third-order valence-electron chi connectivity index (χ3n) is 2.29. The number of hydrogen-bond acceptors (Lipinski definition) is 2. The first-order valence-electron chi connectivity index (χ1n) is 5.49. The van der Waals surface area contributed by atoms with Gasteiger partial charge in [-0.05, 0) is 24.3 Å². The van der Waals surface area contributed by atoms with Crippen molar-refractivity contribution in [1.29, 1.82) is 0 Å². The predicted octanol–water partition coefficient (Wildman–Crippen LogP) is 2.04. The molecule has 1 aromatic heterocycles. The van der Waals surface area contributed by atoms with E-state index in [2.05, 4.69) is 16.8 Å². The molecule has 0 saturated carbocycles. The molecule has 1 aromatic carbocycles. The summed E-state index contributed by atoms with van der Waals surface area (Å²) in [6, 6.07) is 15.3. The largest absolute Gasteiger partial charge is 0.380 e. The average molecular weight is 223 g/mol. The minimum atomic E-state index is -0.676. The molecule has 0 fully saturated rings. The van der Waals surface area contributed by atoms with Crippen LogP contribution in [0.15, 0.2) is 54.7 Å². The van der Waals surface area contributed by atoms with Gasteiger partial charge in [0.05, 0.1) is 0 Å². The van der Waals surface area contributed by atoms with Gasteiger partial charge in [-0.25, -0.2) is 0 Å². The van der Waals surface area contributed by atoms with Crippen molar-refractivity contribution < 1.29 is 5.11 Å². The predicted molar refractivity (Wildman–Crippen MR) is 67.3 cm³/mol. The highest BCUT2D eigenvalue weighted by molar-refractivity contribution is 5.34. The summed E-state index contributed by atoms with van der Waals surface area (Å²) in [5.74, 6) is 5.75. The molecule has 2 heteroatoms. The number of aliphatic hydroxyl groups excluding tert-OH is 1. The fourth-order valence-corrected chi connectivity index (χ4v) is 1.46. The van der Waals surface area contributed by atoms with E-state index in [-0.39, 0.29) is 0 Å². The van der Waals surface area contributed by atoms with Gasteiger partial charge in [-0.3, -0.25) is 4.98 Å². The molecular weight excluding hydrogens is 210 g/mol. The van der Waals surface area contributed by atoms with Crippen LogP contribution >= 0.6 is 0 Å². The van der Waals surface area contributed by atoms with E-state index in [9.17, 15) is 5.11 Å². The summed E-state index contributed by atoms with van der Waals surface area (Å²) in [7, 11) is 0. The number of pyridine rings is 1. The van der Waals surface area contributed by atoms with Gasteiger partial charge in [-0.1, -0.05) is 36.1 Å². The van der Waals surface area contributed by atoms with Gasteiger partial charge >= 0.3 is 0 Å². The topological polar surface area (TPSA) is 33.1 Å². The molecule has 1 atom stereocenters. The molecule has 2 nitrogen and oxygen atoms in total. The zero-order valence-corrected chi connectivity index (χ0v) is 9.38. The van der Waals surface area contributed by atoms with Crippen molar-refractivity contribution in [2.75, 3.05) is 0 Å². The van der Waals surface area contributed by atoms with Crippen molar-refractivity contribution in [3.8, 4) is 11.8 Å². The van der Waals surface area contributed by atoms with E-state index >= 15 is 0 Å². The van der Waals surface area contributed by atoms with E-state index < -0.39 is 6.10 Å². The fraction of sp³-hybridized carbons (Fsp3) is 0.133. The average Bonchev–Trinajstić information content (AvgIpc) is 2.39. The molecule has 0 saturated heterocycles. The number of rotatable bonds is 2. The SMILES string of the molecule is O[C@H](C#Cc1ccccc1)Cc1ccccn1. The molecule has 1 heterocycles. The molecule has 0 aliphatic rings. The highest BCUT2D eigenvalue weighted by atomic mass is 16.3. The summed E-state index contributed by atoms with van der Waals surface area (Å²) >= 11 is 0. The van der Waals surface area contributed by atoms with Crippen LogP contribution in [0.4, 0.5) is 0 Å². The Hall–Kier alpha value is -2.11. The lowest BCUT2D eigenvalue weighted by Gasteiger charge is -2.01. The van der Waals surface area contributed by atoms with E-state index in [4.69, 9.17) is 0 Å². The fourth-order valence-electron chi connectivity index (χ4n) is 1.46. The second kappa shape index (κ2) is 5.83. The van der Waals surface area contributed by atoms with E-state index in [0.29, 0.717) is 6.42 Å². The minimum absolute atomic E-state index is 0.459. The van der Waals surface area contributed by atoms with E-state index in [0.717, 1.165) is 11.3 Å². The lowest BCUT2D eigenvalue weighted by molar-refractivity contribution is 0.232. The van der Waals surface area contributed by atoms with Crippen LogP contribution in [0.5, 0.6) is 0 Å². The van der Waals surface area contributed by atoms with Crippen LogP contribution in [0.3, 0.4) is 0 Å². The summed E-state index contributed by atoms with van der Waals surface area (Å²) in [6.45, 7) is 0. The molecule has 0 amide bonds. The van der Waals surface area contributed by atoms with Crippen LogP contribution in [0.2, 0.25) is 0 Å². The summed E-state index contributed by atoms with van der Waals surface area (Å²) in [4.78, 5) is 4.15. The number of benzene rings is 1. The third-order valence-corrected chi connectivity index (χ3v) is 2.29. The maximum atomic E-state index is 9.75. The molecule has 0 aliphatic heterocycles. The lowest BCUT2D eigenvalue weighted by atomic mass is 10.1. The Morgan fingerprint density at radius 2 is 1.82 bits per heavy atom. The maximum Gasteiger partial charge on any atom is 0.120 e. The molecule has 84 valence electrons. The Labute approximate surface area is 101 Å². The van der Waals surface area contributed by atoms with Crippen LogP contribution in [-0.4, -0.2) is 16.2 Å². The normalized spacial score (nSPS) is 11.4. The lowest BCUT2D eigenvalue weighted by Crippen LogP contribution is -2.08. The highest BCUT2D eigenvalue weighted by Crippen LogP contribution is 2.00. The van der Waals surface area contributed by atoms with Crippen molar-refractivity contribution in [2.24, 2.45) is 0 Å². The van der Waals surface area contributed by atoms with E-state index in [1.807, 2.05) is 48.5 Å². The molecule has 2 aromatic rings. The first-order chi connectivity index (χ1) is 8.34. The van der Waals surface area contributed by atoms with Crippen LogP contribution < -0.4 is 0 Å². The van der Waals surface area contributed by atoms with Gasteiger partial charge in [-0.15, -0.1) is 0 Å². The van der Waals surface area contributed by atoms with E-state index in [1.54, 1.807) is 6.20 Å². The summed E-state index contributed by atoms with van der Waals surface area (Å²) in [5, 5.41) is 9.75. The van der Waals surface area contributed by atoms with Crippen LogP contribution in [0, 0.1) is 11.8 Å². The van der Waals surface area contributed by atoms with Gasteiger partial charge < -0.3 is 5.11 Å². The van der Waals surface area contributed by atoms with Crippen molar-refractivity contribution in [3.63, 3.8) is 0 Å². The van der Waals surface area contributed by atoms with Gasteiger partial charge in [-0.2, -0.15) is 0 Å². The standard InChI is InChI=1S/C15H13NO/c17-15(12-14-8-4-5-11-16-14)10-9-13-6-2-1-3-7-13/h1-8,11,15,17H,12H2/t15-/m1/s1. The monoisotopic (exact) mass is 223 g/mol. The Balaban J connectivity index is 1.99. The van der Waals surface area contributed by atoms with Crippen molar-refractivity contribution >= 4 is 0 Å². The molecule has 0 unspecified atom stereocenters. The van der Waals surface area contributed by atoms with Crippen LogP contribution in [0.1, 0.15) is 11.3 Å². The van der Waals surface area contributed by atoms with Gasteiger partial charge in [0.1, 0.15) is 6.10 Å². The van der Waals surface area contributed by atoms with Crippen molar-refractivity contribution in [2.45, 2.75) is 12.5 Å². The van der Waals surface area contributed by atoms with Gasteiger partial charge in [0.15, 0.2) is 0 Å². The number of nitrogens with zero attached hydrogens (tertiary/aromatic N) is 1. The quantitative estimate of drug-likeness (QED) is 0.790. The summed E-state index contributed by atoms with van der Waals surface area (Å²) in [5.41, 5.74) is 1.76. The molecule has 0 aliphatic carbocycles. The Bertz CT molecular complexity index is 511. The Kier molecular flexibility index (Phi) is 3.90. The second-order valence-corrected chi connectivity index (χ2v) is 3.68. The zero-order chi connectivity index (χ0) is 11.9. The maximum absolute atomic E-state index is 9.75. The molecule has 0 radical (unpaired) electrons. The Morgan fingerprint density at radius 3 is 2.53 bits per heavy atom. The number of aromatic nitrogens is 1. The molecule has 2 rings (SSSR count). The van der Waals surface area contributed by atoms with Crippen LogP contribution in [0.25, 0.3) is 0 Å². The number of hydrogen-bond donors (Lipinski definition) is 1. The van der Waals surface area contributed by atoms with Gasteiger partial charge in [0.2, 0.25) is 0 Å². The summed E-state index contributed by atoms with van der Waals surface area (Å²) in [6.07, 6.45) is 1.50. The highest BCUT2D eigenvalue weighted by Gasteiger charge is 2.01. The molecular formula is C15H13NO.